The van der Waals surface area contributed by atoms with Crippen molar-refractivity contribution in [1.82, 2.24) is 9.55 Å². The van der Waals surface area contributed by atoms with Crippen LogP contribution in [-0.2, 0) is 6.54 Å². The van der Waals surface area contributed by atoms with Crippen LogP contribution in [0.25, 0.3) is 22.4 Å². The Morgan fingerprint density at radius 2 is 1.57 bits per heavy atom. The van der Waals surface area contributed by atoms with Gasteiger partial charge in [-0.1, -0.05) is 55.5 Å². The monoisotopic (exact) mass is 386 g/mol. The molecule has 0 aliphatic heterocycles. The third kappa shape index (κ3) is 3.89. The Hall–Kier alpha value is -3.18. The number of anilines is 2. The summed E-state index contributed by atoms with van der Waals surface area (Å²) in [6.45, 7) is 3.12. The van der Waals surface area contributed by atoms with Gasteiger partial charge in [0.2, 0.25) is 0 Å². The van der Waals surface area contributed by atoms with E-state index in [1.165, 1.54) is 0 Å². The fourth-order valence-electron chi connectivity index (χ4n) is 3.28. The molecule has 4 aromatic rings. The predicted octanol–water partition coefficient (Wildman–Crippen LogP) is 5.92. The van der Waals surface area contributed by atoms with Crippen molar-refractivity contribution in [3.8, 4) is 11.4 Å². The van der Waals surface area contributed by atoms with Gasteiger partial charge in [-0.3, -0.25) is 0 Å². The zero-order chi connectivity index (χ0) is 19.3. The summed E-state index contributed by atoms with van der Waals surface area (Å²) in [6, 6.07) is 26.4. The summed E-state index contributed by atoms with van der Waals surface area (Å²) in [5, 5.41) is 7.01. The molecule has 3 aromatic carbocycles. The molecule has 28 heavy (non-hydrogen) atoms. The van der Waals surface area contributed by atoms with Crippen LogP contribution in [0.4, 0.5) is 11.4 Å². The zero-order valence-electron chi connectivity index (χ0n) is 15.7. The van der Waals surface area contributed by atoms with Crippen LogP contribution in [0.5, 0.6) is 0 Å². The van der Waals surface area contributed by atoms with Gasteiger partial charge in [0.15, 0.2) is 5.11 Å². The Morgan fingerprint density at radius 3 is 2.29 bits per heavy atom. The summed E-state index contributed by atoms with van der Waals surface area (Å²) in [7, 11) is 0. The lowest BCUT2D eigenvalue weighted by Gasteiger charge is -2.11. The molecular formula is C23H22N4S. The van der Waals surface area contributed by atoms with Crippen molar-refractivity contribution >= 4 is 39.7 Å². The maximum Gasteiger partial charge on any atom is 0.175 e. The lowest BCUT2D eigenvalue weighted by molar-refractivity contribution is 0.704. The van der Waals surface area contributed by atoms with Gasteiger partial charge in [0.05, 0.1) is 11.0 Å². The van der Waals surface area contributed by atoms with E-state index in [-0.39, 0.29) is 0 Å². The summed E-state index contributed by atoms with van der Waals surface area (Å²) < 4.78 is 2.29. The first kappa shape index (κ1) is 18.2. The molecule has 0 radical (unpaired) electrons. The van der Waals surface area contributed by atoms with Gasteiger partial charge in [-0.25, -0.2) is 4.98 Å². The maximum atomic E-state index is 5.44. The Balaban J connectivity index is 1.63. The van der Waals surface area contributed by atoms with Gasteiger partial charge in [-0.2, -0.15) is 0 Å². The van der Waals surface area contributed by atoms with Gasteiger partial charge in [0.1, 0.15) is 5.82 Å². The van der Waals surface area contributed by atoms with E-state index in [1.54, 1.807) is 0 Å². The topological polar surface area (TPSA) is 41.9 Å². The van der Waals surface area contributed by atoms with Crippen molar-refractivity contribution in [3.63, 3.8) is 0 Å². The van der Waals surface area contributed by atoms with Crippen molar-refractivity contribution in [2.75, 3.05) is 10.6 Å². The quantitative estimate of drug-likeness (QED) is 0.418. The number of hydrogen-bond acceptors (Lipinski definition) is 2. The third-order valence-electron chi connectivity index (χ3n) is 4.52. The van der Waals surface area contributed by atoms with E-state index in [0.29, 0.717) is 5.11 Å². The Kier molecular flexibility index (Phi) is 5.35. The standard InChI is InChI=1S/C23H22N4S/c1-2-15-27-21-14-13-19(25-23(28)24-18-11-7-4-8-12-18)16-20(21)26-22(27)17-9-5-3-6-10-17/h3-14,16H,2,15H2,1H3,(H2,24,25,28). The number of nitrogens with zero attached hydrogens (tertiary/aromatic N) is 2. The van der Waals surface area contributed by atoms with Gasteiger partial charge in [-0.05, 0) is 49.0 Å². The first-order valence-electron chi connectivity index (χ1n) is 9.43. The molecule has 4 nitrogen and oxygen atoms in total. The summed E-state index contributed by atoms with van der Waals surface area (Å²) in [6.07, 6.45) is 1.05. The number of rotatable bonds is 5. The summed E-state index contributed by atoms with van der Waals surface area (Å²) in [4.78, 5) is 4.91. The molecule has 0 atom stereocenters. The van der Waals surface area contributed by atoms with Crippen LogP contribution in [0.2, 0.25) is 0 Å². The third-order valence-corrected chi connectivity index (χ3v) is 4.72. The highest BCUT2D eigenvalue weighted by Gasteiger charge is 2.12. The van der Waals surface area contributed by atoms with Crippen molar-refractivity contribution in [2.24, 2.45) is 0 Å². The molecule has 0 bridgehead atoms. The molecule has 1 heterocycles. The second kappa shape index (κ2) is 8.23. The Bertz CT molecular complexity index is 1090. The number of aryl methyl sites for hydroxylation is 1. The van der Waals surface area contributed by atoms with Crippen LogP contribution < -0.4 is 10.6 Å². The molecule has 4 rings (SSSR count). The van der Waals surface area contributed by atoms with E-state index in [2.05, 4.69) is 40.3 Å². The highest BCUT2D eigenvalue weighted by atomic mass is 32.1. The number of fused-ring (bicyclic) bond motifs is 1. The molecule has 0 amide bonds. The largest absolute Gasteiger partial charge is 0.332 e. The first-order chi connectivity index (χ1) is 13.7. The molecule has 2 N–H and O–H groups in total. The van der Waals surface area contributed by atoms with E-state index < -0.39 is 0 Å². The molecule has 0 fully saturated rings. The number of imidazole rings is 1. The van der Waals surface area contributed by atoms with E-state index in [1.807, 2.05) is 60.7 Å². The molecule has 0 spiro atoms. The average Bonchev–Trinajstić information content (AvgIpc) is 3.07. The van der Waals surface area contributed by atoms with E-state index in [4.69, 9.17) is 17.2 Å². The van der Waals surface area contributed by atoms with Crippen molar-refractivity contribution in [2.45, 2.75) is 19.9 Å². The average molecular weight is 387 g/mol. The minimum absolute atomic E-state index is 0.557. The summed E-state index contributed by atoms with van der Waals surface area (Å²) >= 11 is 5.44. The Morgan fingerprint density at radius 1 is 0.893 bits per heavy atom. The molecule has 5 heteroatoms. The maximum absolute atomic E-state index is 5.44. The zero-order valence-corrected chi connectivity index (χ0v) is 16.5. The highest BCUT2D eigenvalue weighted by molar-refractivity contribution is 7.80. The highest BCUT2D eigenvalue weighted by Crippen LogP contribution is 2.27. The van der Waals surface area contributed by atoms with Gasteiger partial charge in [0, 0.05) is 23.5 Å². The van der Waals surface area contributed by atoms with E-state index in [0.717, 1.165) is 46.8 Å². The first-order valence-corrected chi connectivity index (χ1v) is 9.84. The van der Waals surface area contributed by atoms with Gasteiger partial charge < -0.3 is 15.2 Å². The molecule has 1 aromatic heterocycles. The molecule has 0 aliphatic rings. The number of benzene rings is 3. The van der Waals surface area contributed by atoms with E-state index in [9.17, 15) is 0 Å². The SMILES string of the molecule is CCCn1c(-c2ccccc2)nc2cc(NC(=S)Nc3ccccc3)ccc21. The van der Waals surface area contributed by atoms with E-state index >= 15 is 0 Å². The Labute approximate surface area is 170 Å². The summed E-state index contributed by atoms with van der Waals surface area (Å²) in [5.74, 6) is 1.000. The van der Waals surface area contributed by atoms with Crippen LogP contribution in [0, 0.1) is 0 Å². The van der Waals surface area contributed by atoms with Crippen molar-refractivity contribution in [1.29, 1.82) is 0 Å². The molecule has 0 saturated carbocycles. The van der Waals surface area contributed by atoms with Crippen LogP contribution in [0.3, 0.4) is 0 Å². The van der Waals surface area contributed by atoms with Gasteiger partial charge in [-0.15, -0.1) is 0 Å². The van der Waals surface area contributed by atoms with Gasteiger partial charge in [0.25, 0.3) is 0 Å². The van der Waals surface area contributed by atoms with Crippen molar-refractivity contribution < 1.29 is 0 Å². The fourth-order valence-corrected chi connectivity index (χ4v) is 3.52. The summed E-state index contributed by atoms with van der Waals surface area (Å²) in [5.41, 5.74) is 5.09. The normalized spacial score (nSPS) is 10.8. The number of aromatic nitrogens is 2. The van der Waals surface area contributed by atoms with Crippen LogP contribution >= 0.6 is 12.2 Å². The molecule has 140 valence electrons. The lowest BCUT2D eigenvalue weighted by atomic mass is 10.2. The molecule has 0 aliphatic carbocycles. The molecular weight excluding hydrogens is 364 g/mol. The number of thiocarbonyl (C=S) groups is 1. The van der Waals surface area contributed by atoms with Crippen LogP contribution in [0.15, 0.2) is 78.9 Å². The van der Waals surface area contributed by atoms with Gasteiger partial charge >= 0.3 is 0 Å². The smallest absolute Gasteiger partial charge is 0.175 e. The second-order valence-electron chi connectivity index (χ2n) is 6.60. The second-order valence-corrected chi connectivity index (χ2v) is 7.01. The van der Waals surface area contributed by atoms with Crippen molar-refractivity contribution in [3.05, 3.63) is 78.9 Å². The minimum atomic E-state index is 0.557. The van der Waals surface area contributed by atoms with Crippen LogP contribution in [0.1, 0.15) is 13.3 Å². The molecule has 0 saturated heterocycles. The van der Waals surface area contributed by atoms with Crippen LogP contribution in [-0.4, -0.2) is 14.7 Å². The number of nitrogens with one attached hydrogen (secondary N) is 2. The minimum Gasteiger partial charge on any atom is -0.332 e. The molecule has 0 unspecified atom stereocenters. The predicted molar refractivity (Wildman–Crippen MR) is 122 cm³/mol. The lowest BCUT2D eigenvalue weighted by Crippen LogP contribution is -2.18. The number of hydrogen-bond donors (Lipinski definition) is 2. The fraction of sp³-hybridized carbons (Fsp3) is 0.130. The number of para-hydroxylation sites is 1.